The Morgan fingerprint density at radius 2 is 1.70 bits per heavy atom. The Morgan fingerprint density at radius 3 is 2.43 bits per heavy atom. The lowest BCUT2D eigenvalue weighted by Gasteiger charge is -2.26. The third-order valence-electron chi connectivity index (χ3n) is 4.30. The molecule has 0 radical (unpaired) electrons. The van der Waals surface area contributed by atoms with Crippen molar-refractivity contribution in [3.8, 4) is 5.69 Å². The lowest BCUT2D eigenvalue weighted by molar-refractivity contribution is 0.696. The smallest absolute Gasteiger partial charge is 0.142 e. The zero-order valence-electron chi connectivity index (χ0n) is 13.1. The molecule has 0 saturated heterocycles. The van der Waals surface area contributed by atoms with Crippen LogP contribution < -0.4 is 4.90 Å². The maximum atomic E-state index is 6.05. The van der Waals surface area contributed by atoms with Crippen LogP contribution in [0.15, 0.2) is 48.5 Å². The highest BCUT2D eigenvalue weighted by Gasteiger charge is 2.27. The quantitative estimate of drug-likeness (QED) is 0.661. The minimum absolute atomic E-state index is 0.263. The van der Waals surface area contributed by atoms with Gasteiger partial charge < -0.3 is 4.90 Å². The molecule has 0 bridgehead atoms. The van der Waals surface area contributed by atoms with Gasteiger partial charge in [0.05, 0.1) is 11.4 Å². The molecule has 3 aromatic rings. The zero-order chi connectivity index (χ0) is 16.0. The number of para-hydroxylation sites is 2. The largest absolute Gasteiger partial charge is 0.339 e. The summed E-state index contributed by atoms with van der Waals surface area (Å²) in [6.45, 7) is 5.03. The first-order valence-corrected chi connectivity index (χ1v) is 8.07. The number of benzene rings is 2. The third-order valence-corrected chi connectivity index (χ3v) is 4.55. The topological polar surface area (TPSA) is 34.0 Å². The van der Waals surface area contributed by atoms with Gasteiger partial charge in [0, 0.05) is 23.2 Å². The molecule has 0 saturated carbocycles. The van der Waals surface area contributed by atoms with Crippen molar-refractivity contribution < 1.29 is 0 Å². The number of fused-ring (bicyclic) bond motifs is 3. The lowest BCUT2D eigenvalue weighted by atomic mass is 10.1. The van der Waals surface area contributed by atoms with E-state index in [9.17, 15) is 0 Å². The average molecular weight is 325 g/mol. The predicted molar refractivity (Wildman–Crippen MR) is 93.0 cm³/mol. The summed E-state index contributed by atoms with van der Waals surface area (Å²) in [7, 11) is 0. The summed E-state index contributed by atoms with van der Waals surface area (Å²) >= 11 is 6.05. The van der Waals surface area contributed by atoms with Gasteiger partial charge in [0.1, 0.15) is 11.6 Å². The van der Waals surface area contributed by atoms with Crippen molar-refractivity contribution in [2.24, 2.45) is 0 Å². The van der Waals surface area contributed by atoms with E-state index in [1.54, 1.807) is 0 Å². The first kappa shape index (κ1) is 14.3. The van der Waals surface area contributed by atoms with E-state index in [0.717, 1.165) is 40.3 Å². The molecule has 23 heavy (non-hydrogen) atoms. The Bertz CT molecular complexity index is 854. The molecule has 2 heterocycles. The molecule has 116 valence electrons. The standard InChI is InChI=1S/C18H17ClN4/c1-12-11-22(15-9-7-14(19)8-10-15)16-5-3-4-6-17(16)23-13(2)20-21-18(12)23/h3-10,12H,11H2,1-2H3. The maximum absolute atomic E-state index is 6.05. The Kier molecular flexibility index (Phi) is 3.34. The molecule has 1 aliphatic rings. The molecule has 4 rings (SSSR count). The van der Waals surface area contributed by atoms with Gasteiger partial charge in [-0.25, -0.2) is 0 Å². The van der Waals surface area contributed by atoms with E-state index in [0.29, 0.717) is 0 Å². The van der Waals surface area contributed by atoms with Gasteiger partial charge >= 0.3 is 0 Å². The first-order valence-electron chi connectivity index (χ1n) is 7.69. The van der Waals surface area contributed by atoms with E-state index in [1.807, 2.05) is 19.1 Å². The fourth-order valence-electron chi connectivity index (χ4n) is 3.20. The van der Waals surface area contributed by atoms with Gasteiger partial charge in [0.15, 0.2) is 0 Å². The molecule has 0 N–H and O–H groups in total. The number of rotatable bonds is 1. The van der Waals surface area contributed by atoms with Gasteiger partial charge in [-0.15, -0.1) is 10.2 Å². The molecule has 0 spiro atoms. The van der Waals surface area contributed by atoms with Crippen LogP contribution in [0.3, 0.4) is 0 Å². The van der Waals surface area contributed by atoms with Crippen molar-refractivity contribution in [3.63, 3.8) is 0 Å². The number of hydrogen-bond acceptors (Lipinski definition) is 3. The SMILES string of the molecule is Cc1nnc2n1-c1ccccc1N(c1ccc(Cl)cc1)CC2C. The second-order valence-electron chi connectivity index (χ2n) is 5.92. The zero-order valence-corrected chi connectivity index (χ0v) is 13.8. The molecule has 0 amide bonds. The second kappa shape index (κ2) is 5.39. The number of halogens is 1. The van der Waals surface area contributed by atoms with Crippen LogP contribution in [0.1, 0.15) is 24.5 Å². The maximum Gasteiger partial charge on any atom is 0.142 e. The van der Waals surface area contributed by atoms with Crippen molar-refractivity contribution in [2.45, 2.75) is 19.8 Å². The second-order valence-corrected chi connectivity index (χ2v) is 6.35. The van der Waals surface area contributed by atoms with Crippen molar-refractivity contribution in [1.82, 2.24) is 14.8 Å². The van der Waals surface area contributed by atoms with Crippen LogP contribution in [-0.4, -0.2) is 21.3 Å². The molecule has 5 heteroatoms. The lowest BCUT2D eigenvalue weighted by Crippen LogP contribution is -2.21. The first-order chi connectivity index (χ1) is 11.1. The fourth-order valence-corrected chi connectivity index (χ4v) is 3.32. The third kappa shape index (κ3) is 2.30. The van der Waals surface area contributed by atoms with Gasteiger partial charge in [-0.05, 0) is 43.3 Å². The van der Waals surface area contributed by atoms with Crippen LogP contribution in [0.5, 0.6) is 0 Å². The van der Waals surface area contributed by atoms with Crippen LogP contribution in [-0.2, 0) is 0 Å². The van der Waals surface area contributed by atoms with E-state index < -0.39 is 0 Å². The van der Waals surface area contributed by atoms with Gasteiger partial charge in [-0.2, -0.15) is 0 Å². The van der Waals surface area contributed by atoms with Gasteiger partial charge in [0.2, 0.25) is 0 Å². The van der Waals surface area contributed by atoms with Crippen LogP contribution in [0.2, 0.25) is 5.02 Å². The van der Waals surface area contributed by atoms with Gasteiger partial charge in [0.25, 0.3) is 0 Å². The fraction of sp³-hybridized carbons (Fsp3) is 0.222. The molecule has 2 aromatic carbocycles. The summed E-state index contributed by atoms with van der Waals surface area (Å²) in [5.74, 6) is 2.18. The highest BCUT2D eigenvalue weighted by atomic mass is 35.5. The van der Waals surface area contributed by atoms with Crippen molar-refractivity contribution >= 4 is 23.0 Å². The summed E-state index contributed by atoms with van der Waals surface area (Å²) < 4.78 is 2.16. The van der Waals surface area contributed by atoms with E-state index in [2.05, 4.69) is 63.0 Å². The summed E-state index contributed by atoms with van der Waals surface area (Å²) in [6, 6.07) is 16.4. The summed E-state index contributed by atoms with van der Waals surface area (Å²) in [4.78, 5) is 2.32. The van der Waals surface area contributed by atoms with Crippen LogP contribution in [0.25, 0.3) is 5.69 Å². The summed E-state index contributed by atoms with van der Waals surface area (Å²) in [6.07, 6.45) is 0. The Labute approximate surface area is 140 Å². The van der Waals surface area contributed by atoms with Crippen molar-refractivity contribution in [1.29, 1.82) is 0 Å². The minimum Gasteiger partial charge on any atom is -0.339 e. The van der Waals surface area contributed by atoms with E-state index in [-0.39, 0.29) is 5.92 Å². The molecular weight excluding hydrogens is 308 g/mol. The molecule has 4 nitrogen and oxygen atoms in total. The number of aryl methyl sites for hydroxylation is 1. The monoisotopic (exact) mass is 324 g/mol. The molecule has 1 aromatic heterocycles. The molecule has 1 unspecified atom stereocenters. The molecule has 0 fully saturated rings. The number of anilines is 2. The molecule has 1 aliphatic heterocycles. The highest BCUT2D eigenvalue weighted by Crippen LogP contribution is 2.38. The molecular formula is C18H17ClN4. The van der Waals surface area contributed by atoms with Crippen molar-refractivity contribution in [3.05, 3.63) is 65.2 Å². The van der Waals surface area contributed by atoms with E-state index >= 15 is 0 Å². The molecule has 1 atom stereocenters. The Balaban J connectivity index is 1.93. The molecule has 0 aliphatic carbocycles. The van der Waals surface area contributed by atoms with Crippen LogP contribution in [0, 0.1) is 6.92 Å². The van der Waals surface area contributed by atoms with E-state index in [1.165, 1.54) is 0 Å². The van der Waals surface area contributed by atoms with Crippen LogP contribution >= 0.6 is 11.6 Å². The van der Waals surface area contributed by atoms with Gasteiger partial charge in [-0.3, -0.25) is 4.57 Å². The normalized spacial score (nSPS) is 16.7. The number of aromatic nitrogens is 3. The Hall–Kier alpha value is -2.33. The average Bonchev–Trinajstić information content (AvgIpc) is 2.89. The predicted octanol–water partition coefficient (Wildman–Crippen LogP) is 4.48. The van der Waals surface area contributed by atoms with Crippen molar-refractivity contribution in [2.75, 3.05) is 11.4 Å². The van der Waals surface area contributed by atoms with E-state index in [4.69, 9.17) is 11.6 Å². The number of nitrogens with zero attached hydrogens (tertiary/aromatic N) is 4. The highest BCUT2D eigenvalue weighted by molar-refractivity contribution is 6.30. The van der Waals surface area contributed by atoms with Crippen LogP contribution in [0.4, 0.5) is 11.4 Å². The summed E-state index contributed by atoms with van der Waals surface area (Å²) in [5.41, 5.74) is 3.40. The van der Waals surface area contributed by atoms with Gasteiger partial charge in [-0.1, -0.05) is 30.7 Å². The minimum atomic E-state index is 0.263. The summed E-state index contributed by atoms with van der Waals surface area (Å²) in [5, 5.41) is 9.43. The Morgan fingerprint density at radius 1 is 1.00 bits per heavy atom. The number of hydrogen-bond donors (Lipinski definition) is 0.